The van der Waals surface area contributed by atoms with Crippen molar-refractivity contribution in [2.75, 3.05) is 5.32 Å². The van der Waals surface area contributed by atoms with Gasteiger partial charge in [0.2, 0.25) is 0 Å². The Bertz CT molecular complexity index is 1550. The summed E-state index contributed by atoms with van der Waals surface area (Å²) in [5, 5.41) is 4.98. The Hall–Kier alpha value is -4.05. The fourth-order valence-corrected chi connectivity index (χ4v) is 4.22. The van der Waals surface area contributed by atoms with E-state index in [2.05, 4.69) is 20.3 Å². The van der Waals surface area contributed by atoms with Gasteiger partial charge in [-0.1, -0.05) is 19.1 Å². The van der Waals surface area contributed by atoms with Gasteiger partial charge in [0, 0.05) is 41.8 Å². The van der Waals surface area contributed by atoms with Crippen molar-refractivity contribution >= 4 is 38.9 Å². The van der Waals surface area contributed by atoms with Crippen LogP contribution in [-0.4, -0.2) is 29.8 Å². The van der Waals surface area contributed by atoms with Gasteiger partial charge in [0.05, 0.1) is 16.6 Å². The number of anilines is 1. The van der Waals surface area contributed by atoms with Gasteiger partial charge in [-0.3, -0.25) is 23.5 Å². The molecule has 5 rings (SSSR count). The first-order valence-electron chi connectivity index (χ1n) is 10.0. The molecule has 0 fully saturated rings. The molecule has 1 amide bonds. The third-order valence-electron chi connectivity index (χ3n) is 5.07. The maximum Gasteiger partial charge on any atom is 0.329 e. The van der Waals surface area contributed by atoms with Gasteiger partial charge in [-0.2, -0.15) is 0 Å². The summed E-state index contributed by atoms with van der Waals surface area (Å²) in [6.45, 7) is 2.34. The number of thiazole rings is 1. The van der Waals surface area contributed by atoms with E-state index in [4.69, 9.17) is 0 Å². The minimum atomic E-state index is -0.566. The summed E-state index contributed by atoms with van der Waals surface area (Å²) in [6.07, 6.45) is 5.98. The van der Waals surface area contributed by atoms with Crippen LogP contribution in [0.2, 0.25) is 0 Å². The molecule has 0 aliphatic carbocycles. The van der Waals surface area contributed by atoms with E-state index in [0.717, 1.165) is 16.2 Å². The lowest BCUT2D eigenvalue weighted by Crippen LogP contribution is -2.31. The molecule has 10 heteroatoms. The van der Waals surface area contributed by atoms with Crippen molar-refractivity contribution in [2.45, 2.75) is 19.9 Å². The third-order valence-corrected chi connectivity index (χ3v) is 5.84. The standard InChI is InChI=1S/C22H18N6O3S/c1-2-7-28-18-16(20(30)26-21(28)31)10-14(11-23-18)19(29)24-15-5-3-13(4-6-15)17-12-27-8-9-32-22(27)25-17/h3-6,8-12H,2,7H2,1H3,(H,24,29)(H,26,30,31). The number of fused-ring (bicyclic) bond motifs is 2. The molecule has 2 N–H and O–H groups in total. The lowest BCUT2D eigenvalue weighted by Gasteiger charge is -2.09. The van der Waals surface area contributed by atoms with Crippen molar-refractivity contribution in [3.63, 3.8) is 0 Å². The highest BCUT2D eigenvalue weighted by Gasteiger charge is 2.13. The highest BCUT2D eigenvalue weighted by Crippen LogP contribution is 2.23. The number of nitrogens with one attached hydrogen (secondary N) is 2. The van der Waals surface area contributed by atoms with Gasteiger partial charge in [0.1, 0.15) is 5.65 Å². The molecule has 0 aliphatic rings. The van der Waals surface area contributed by atoms with Crippen LogP contribution in [0.5, 0.6) is 0 Å². The van der Waals surface area contributed by atoms with Crippen molar-refractivity contribution in [3.05, 3.63) is 80.7 Å². The molecule has 1 aromatic carbocycles. The number of H-pyrrole nitrogens is 1. The van der Waals surface area contributed by atoms with Crippen LogP contribution < -0.4 is 16.6 Å². The topological polar surface area (TPSA) is 114 Å². The molecule has 0 aliphatic heterocycles. The number of imidazole rings is 1. The molecule has 4 aromatic heterocycles. The van der Waals surface area contributed by atoms with Gasteiger partial charge < -0.3 is 5.32 Å². The average Bonchev–Trinajstić information content (AvgIpc) is 3.39. The number of aryl methyl sites for hydroxylation is 1. The Labute approximate surface area is 185 Å². The second-order valence-corrected chi connectivity index (χ2v) is 8.13. The fraction of sp³-hybridized carbons (Fsp3) is 0.136. The molecule has 0 saturated heterocycles. The molecule has 0 atom stereocenters. The van der Waals surface area contributed by atoms with Gasteiger partial charge in [0.25, 0.3) is 11.5 Å². The van der Waals surface area contributed by atoms with Crippen LogP contribution in [0.4, 0.5) is 5.69 Å². The molecule has 0 unspecified atom stereocenters. The zero-order valence-corrected chi connectivity index (χ0v) is 17.8. The molecule has 160 valence electrons. The monoisotopic (exact) mass is 446 g/mol. The first-order valence-corrected chi connectivity index (χ1v) is 10.9. The third kappa shape index (κ3) is 3.50. The lowest BCUT2D eigenvalue weighted by molar-refractivity contribution is 0.102. The van der Waals surface area contributed by atoms with Gasteiger partial charge in [-0.05, 0) is 24.6 Å². The number of carbonyl (C=O) groups is 1. The molecule has 4 heterocycles. The summed E-state index contributed by atoms with van der Waals surface area (Å²) in [5.74, 6) is -0.401. The summed E-state index contributed by atoms with van der Waals surface area (Å²) >= 11 is 1.56. The van der Waals surface area contributed by atoms with Crippen molar-refractivity contribution in [3.8, 4) is 11.3 Å². The van der Waals surface area contributed by atoms with Crippen molar-refractivity contribution in [1.82, 2.24) is 23.9 Å². The summed E-state index contributed by atoms with van der Waals surface area (Å²) in [6, 6.07) is 8.81. The van der Waals surface area contributed by atoms with Gasteiger partial charge >= 0.3 is 5.69 Å². The number of aromatic nitrogens is 5. The van der Waals surface area contributed by atoms with Crippen LogP contribution in [0, 0.1) is 0 Å². The van der Waals surface area contributed by atoms with Gasteiger partial charge in [-0.25, -0.2) is 14.8 Å². The van der Waals surface area contributed by atoms with Crippen LogP contribution in [0.15, 0.2) is 63.9 Å². The van der Waals surface area contributed by atoms with E-state index in [9.17, 15) is 14.4 Å². The molecule has 32 heavy (non-hydrogen) atoms. The van der Waals surface area contributed by atoms with E-state index < -0.39 is 17.2 Å². The number of pyridine rings is 1. The maximum absolute atomic E-state index is 12.7. The van der Waals surface area contributed by atoms with E-state index in [0.29, 0.717) is 18.7 Å². The van der Waals surface area contributed by atoms with Crippen LogP contribution in [-0.2, 0) is 6.54 Å². The number of benzene rings is 1. The number of amides is 1. The highest BCUT2D eigenvalue weighted by molar-refractivity contribution is 7.15. The van der Waals surface area contributed by atoms with Crippen LogP contribution in [0.3, 0.4) is 0 Å². The molecule has 0 saturated carbocycles. The minimum Gasteiger partial charge on any atom is -0.322 e. The molecule has 0 bridgehead atoms. The molecular weight excluding hydrogens is 428 g/mol. The van der Waals surface area contributed by atoms with E-state index in [-0.39, 0.29) is 16.6 Å². The van der Waals surface area contributed by atoms with Crippen molar-refractivity contribution in [1.29, 1.82) is 0 Å². The Kier molecular flexibility index (Phi) is 4.91. The van der Waals surface area contributed by atoms with Crippen molar-refractivity contribution < 1.29 is 4.79 Å². The van der Waals surface area contributed by atoms with Crippen LogP contribution in [0.25, 0.3) is 27.3 Å². The molecular formula is C22H18N6O3S. The summed E-state index contributed by atoms with van der Waals surface area (Å²) in [7, 11) is 0. The van der Waals surface area contributed by atoms with E-state index in [1.807, 2.05) is 41.2 Å². The van der Waals surface area contributed by atoms with E-state index in [1.54, 1.807) is 23.5 Å². The predicted molar refractivity (Wildman–Crippen MR) is 123 cm³/mol. The quantitative estimate of drug-likeness (QED) is 0.431. The Morgan fingerprint density at radius 1 is 1.22 bits per heavy atom. The predicted octanol–water partition coefficient (Wildman–Crippen LogP) is 3.12. The normalized spacial score (nSPS) is 11.3. The minimum absolute atomic E-state index is 0.195. The Balaban J connectivity index is 1.40. The fourth-order valence-electron chi connectivity index (χ4n) is 3.52. The molecule has 5 aromatic rings. The smallest absolute Gasteiger partial charge is 0.322 e. The lowest BCUT2D eigenvalue weighted by atomic mass is 10.1. The van der Waals surface area contributed by atoms with Crippen LogP contribution in [0.1, 0.15) is 23.7 Å². The molecule has 0 radical (unpaired) electrons. The molecule has 9 nitrogen and oxygen atoms in total. The zero-order chi connectivity index (χ0) is 22.2. The summed E-state index contributed by atoms with van der Waals surface area (Å²) in [4.78, 5) is 49.1. The number of aromatic amines is 1. The number of hydrogen-bond acceptors (Lipinski definition) is 6. The number of rotatable bonds is 5. The van der Waals surface area contributed by atoms with E-state index >= 15 is 0 Å². The van der Waals surface area contributed by atoms with Gasteiger partial charge in [-0.15, -0.1) is 11.3 Å². The second-order valence-electron chi connectivity index (χ2n) is 7.26. The Morgan fingerprint density at radius 2 is 2.03 bits per heavy atom. The SMILES string of the molecule is CCCn1c(=O)[nH]c(=O)c2cc(C(=O)Nc3ccc(-c4cn5ccsc5n4)cc3)cnc21. The molecule has 0 spiro atoms. The number of hydrogen-bond donors (Lipinski definition) is 2. The maximum atomic E-state index is 12.7. The average molecular weight is 446 g/mol. The van der Waals surface area contributed by atoms with Gasteiger partial charge in [0.15, 0.2) is 4.96 Å². The number of nitrogens with zero attached hydrogens (tertiary/aromatic N) is 4. The van der Waals surface area contributed by atoms with E-state index in [1.165, 1.54) is 16.8 Å². The largest absolute Gasteiger partial charge is 0.329 e. The van der Waals surface area contributed by atoms with Crippen molar-refractivity contribution in [2.24, 2.45) is 0 Å². The van der Waals surface area contributed by atoms with Crippen LogP contribution >= 0.6 is 11.3 Å². The highest BCUT2D eigenvalue weighted by atomic mass is 32.1. The zero-order valence-electron chi connectivity index (χ0n) is 17.0. The summed E-state index contributed by atoms with van der Waals surface area (Å²) in [5.41, 5.74) is 1.81. The second kappa shape index (κ2) is 7.89. The first-order chi connectivity index (χ1) is 15.5. The number of carbonyl (C=O) groups excluding carboxylic acids is 1. The first kappa shape index (κ1) is 19.9. The summed E-state index contributed by atoms with van der Waals surface area (Å²) < 4.78 is 3.36. The Morgan fingerprint density at radius 3 is 2.78 bits per heavy atom.